The van der Waals surface area contributed by atoms with Gasteiger partial charge in [-0.25, -0.2) is 0 Å². The molecule has 0 bridgehead atoms. The Morgan fingerprint density at radius 2 is 1.71 bits per heavy atom. The van der Waals surface area contributed by atoms with Crippen LogP contribution in [0.3, 0.4) is 0 Å². The van der Waals surface area contributed by atoms with Gasteiger partial charge in [-0.15, -0.1) is 0 Å². The molecule has 1 aromatic carbocycles. The second kappa shape index (κ2) is 7.87. The van der Waals surface area contributed by atoms with Crippen LogP contribution in [0.15, 0.2) is 24.3 Å². The van der Waals surface area contributed by atoms with Crippen LogP contribution in [0.2, 0.25) is 0 Å². The van der Waals surface area contributed by atoms with E-state index in [4.69, 9.17) is 9.47 Å². The lowest BCUT2D eigenvalue weighted by atomic mass is 9.65. The van der Waals surface area contributed by atoms with Crippen molar-refractivity contribution in [2.45, 2.75) is 81.7 Å². The van der Waals surface area contributed by atoms with E-state index >= 15 is 0 Å². The monoisotopic (exact) mass is 384 g/mol. The number of hydrogen-bond donors (Lipinski definition) is 1. The first kappa shape index (κ1) is 18.7. The average molecular weight is 385 g/mol. The van der Waals surface area contributed by atoms with Gasteiger partial charge in [-0.2, -0.15) is 0 Å². The Balaban J connectivity index is 1.11. The highest BCUT2D eigenvalue weighted by molar-refractivity contribution is 5.52. The topological polar surface area (TPSA) is 33.7 Å². The zero-order chi connectivity index (χ0) is 18.9. The third-order valence-corrected chi connectivity index (χ3v) is 8.14. The number of ether oxygens (including phenoxy) is 2. The van der Waals surface area contributed by atoms with Gasteiger partial charge in [-0.3, -0.25) is 0 Å². The van der Waals surface area contributed by atoms with Crippen LogP contribution in [0.25, 0.3) is 0 Å². The molecule has 4 aliphatic rings. The van der Waals surface area contributed by atoms with Gasteiger partial charge in [-0.1, -0.05) is 0 Å². The maximum absolute atomic E-state index is 5.94. The van der Waals surface area contributed by atoms with Gasteiger partial charge in [0, 0.05) is 29.2 Å². The van der Waals surface area contributed by atoms with Crippen molar-refractivity contribution in [3.8, 4) is 5.75 Å². The average Bonchev–Trinajstić information content (AvgIpc) is 2.69. The Bertz CT molecular complexity index is 651. The molecule has 2 saturated heterocycles. The fraction of sp³-hybridized carbons (Fsp3) is 0.750. The quantitative estimate of drug-likeness (QED) is 0.560. The van der Waals surface area contributed by atoms with E-state index in [-0.39, 0.29) is 0 Å². The Morgan fingerprint density at radius 3 is 2.43 bits per heavy atom. The van der Waals surface area contributed by atoms with Crippen LogP contribution in [0.5, 0.6) is 5.75 Å². The van der Waals surface area contributed by atoms with Crippen LogP contribution in [-0.4, -0.2) is 37.6 Å². The minimum atomic E-state index is 0.361. The Labute approximate surface area is 170 Å². The summed E-state index contributed by atoms with van der Waals surface area (Å²) in [5.41, 5.74) is 2.22. The molecule has 0 radical (unpaired) electrons. The van der Waals surface area contributed by atoms with Gasteiger partial charge < -0.3 is 19.7 Å². The molecule has 1 aromatic rings. The molecule has 4 nitrogen and oxygen atoms in total. The summed E-state index contributed by atoms with van der Waals surface area (Å²) in [4.78, 5) is 2.68. The normalized spacial score (nSPS) is 28.0. The van der Waals surface area contributed by atoms with Gasteiger partial charge >= 0.3 is 0 Å². The minimum Gasteiger partial charge on any atom is -0.468 e. The lowest BCUT2D eigenvalue weighted by molar-refractivity contribution is -0.0457. The first-order valence-electron chi connectivity index (χ1n) is 11.6. The van der Waals surface area contributed by atoms with Crippen LogP contribution < -0.4 is 15.0 Å². The van der Waals surface area contributed by atoms with Crippen LogP contribution in [0.1, 0.15) is 70.6 Å². The standard InChI is InChI=1S/C24H36N2O2/c1-2-17-26(23(11-1)12-4-13-23)21-7-9-22(10-8-21)28-19-27-18-20-6-3-16-25-24(20)14-5-15-24/h7-10,20,25H,1-6,11-19H2. The van der Waals surface area contributed by atoms with E-state index in [9.17, 15) is 0 Å². The van der Waals surface area contributed by atoms with E-state index in [1.165, 1.54) is 89.4 Å². The Hall–Kier alpha value is -1.26. The smallest absolute Gasteiger partial charge is 0.189 e. The van der Waals surface area contributed by atoms with Gasteiger partial charge in [0.2, 0.25) is 0 Å². The van der Waals surface area contributed by atoms with Crippen molar-refractivity contribution in [2.75, 3.05) is 31.4 Å². The summed E-state index contributed by atoms with van der Waals surface area (Å²) in [5, 5.41) is 3.77. The number of hydrogen-bond acceptors (Lipinski definition) is 4. The molecular formula is C24H36N2O2. The SMILES string of the molecule is c1cc(N2CCCCC23CCC3)ccc1OCOCC1CCCNC12CCC2. The molecule has 2 aliphatic heterocycles. The third-order valence-electron chi connectivity index (χ3n) is 8.14. The minimum absolute atomic E-state index is 0.361. The summed E-state index contributed by atoms with van der Waals surface area (Å²) >= 11 is 0. The van der Waals surface area contributed by atoms with Crippen molar-refractivity contribution in [3.63, 3.8) is 0 Å². The molecule has 0 amide bonds. The van der Waals surface area contributed by atoms with Gasteiger partial charge in [0.05, 0.1) is 6.61 Å². The molecule has 4 fully saturated rings. The van der Waals surface area contributed by atoms with E-state index < -0.39 is 0 Å². The number of rotatable bonds is 6. The molecule has 2 spiro atoms. The molecule has 5 rings (SSSR count). The van der Waals surface area contributed by atoms with E-state index in [2.05, 4.69) is 34.5 Å². The van der Waals surface area contributed by atoms with Gasteiger partial charge in [0.15, 0.2) is 6.79 Å². The first-order valence-corrected chi connectivity index (χ1v) is 11.6. The molecule has 28 heavy (non-hydrogen) atoms. The lowest BCUT2D eigenvalue weighted by Gasteiger charge is -2.54. The van der Waals surface area contributed by atoms with Crippen molar-refractivity contribution in [1.29, 1.82) is 0 Å². The summed E-state index contributed by atoms with van der Waals surface area (Å²) in [6, 6.07) is 8.73. The zero-order valence-corrected chi connectivity index (χ0v) is 17.3. The number of nitrogens with zero attached hydrogens (tertiary/aromatic N) is 1. The highest BCUT2D eigenvalue weighted by atomic mass is 16.7. The summed E-state index contributed by atoms with van der Waals surface area (Å²) in [6.07, 6.45) is 14.8. The number of piperidine rings is 2. The molecule has 2 saturated carbocycles. The second-order valence-corrected chi connectivity index (χ2v) is 9.59. The van der Waals surface area contributed by atoms with Gasteiger partial charge in [0.25, 0.3) is 0 Å². The largest absolute Gasteiger partial charge is 0.468 e. The van der Waals surface area contributed by atoms with Crippen LogP contribution in [0.4, 0.5) is 5.69 Å². The summed E-state index contributed by atoms with van der Waals surface area (Å²) in [6.45, 7) is 3.57. The highest BCUT2D eigenvalue weighted by Crippen LogP contribution is 2.46. The number of nitrogens with one attached hydrogen (secondary N) is 1. The molecule has 2 aliphatic carbocycles. The maximum Gasteiger partial charge on any atom is 0.189 e. The first-order chi connectivity index (χ1) is 13.8. The maximum atomic E-state index is 5.94. The Morgan fingerprint density at radius 1 is 0.929 bits per heavy atom. The van der Waals surface area contributed by atoms with Crippen molar-refractivity contribution >= 4 is 5.69 Å². The molecule has 0 aromatic heterocycles. The third kappa shape index (κ3) is 3.43. The zero-order valence-electron chi connectivity index (χ0n) is 17.3. The van der Waals surface area contributed by atoms with E-state index in [1.54, 1.807) is 0 Å². The molecule has 1 N–H and O–H groups in total. The molecule has 1 atom stereocenters. The van der Waals surface area contributed by atoms with E-state index in [0.717, 1.165) is 12.4 Å². The van der Waals surface area contributed by atoms with Crippen molar-refractivity contribution in [2.24, 2.45) is 5.92 Å². The van der Waals surface area contributed by atoms with Crippen LogP contribution in [-0.2, 0) is 4.74 Å². The molecular weight excluding hydrogens is 348 g/mol. The Kier molecular flexibility index (Phi) is 5.27. The highest BCUT2D eigenvalue weighted by Gasteiger charge is 2.45. The molecule has 2 heterocycles. The van der Waals surface area contributed by atoms with Crippen molar-refractivity contribution in [1.82, 2.24) is 5.32 Å². The molecule has 154 valence electrons. The number of anilines is 1. The van der Waals surface area contributed by atoms with Crippen LogP contribution >= 0.6 is 0 Å². The summed E-state index contributed by atoms with van der Waals surface area (Å²) in [5.74, 6) is 1.57. The van der Waals surface area contributed by atoms with E-state index in [0.29, 0.717) is 23.8 Å². The lowest BCUT2D eigenvalue weighted by Crippen LogP contribution is -2.60. The molecule has 1 unspecified atom stereocenters. The van der Waals surface area contributed by atoms with Crippen molar-refractivity contribution in [3.05, 3.63) is 24.3 Å². The summed E-state index contributed by atoms with van der Waals surface area (Å²) < 4.78 is 11.8. The van der Waals surface area contributed by atoms with Crippen LogP contribution in [0, 0.1) is 5.92 Å². The van der Waals surface area contributed by atoms with E-state index in [1.807, 2.05) is 0 Å². The predicted molar refractivity (Wildman–Crippen MR) is 113 cm³/mol. The van der Waals surface area contributed by atoms with Gasteiger partial charge in [0.1, 0.15) is 5.75 Å². The second-order valence-electron chi connectivity index (χ2n) is 9.59. The molecule has 4 heteroatoms. The fourth-order valence-electron chi connectivity index (χ4n) is 6.12. The predicted octanol–water partition coefficient (Wildman–Crippen LogP) is 4.87. The number of benzene rings is 1. The van der Waals surface area contributed by atoms with Gasteiger partial charge in [-0.05, 0) is 101 Å². The fourth-order valence-corrected chi connectivity index (χ4v) is 6.12. The summed E-state index contributed by atoms with van der Waals surface area (Å²) in [7, 11) is 0. The van der Waals surface area contributed by atoms with Crippen molar-refractivity contribution < 1.29 is 9.47 Å².